The van der Waals surface area contributed by atoms with Crippen LogP contribution in [0.2, 0.25) is 0 Å². The standard InChI is InChI=1S/C18H20N4O2S/c1-11(2)22-17(19-15(21-22)10-23-3)18-20-16-12-6-4-5-7-13(12)24-9-8-14(16)25-18/h4-7,11H,8-10H2,1-3H3. The molecular formula is C18H20N4O2S. The molecule has 1 aliphatic heterocycles. The lowest BCUT2D eigenvalue weighted by molar-refractivity contribution is 0.177. The zero-order valence-corrected chi connectivity index (χ0v) is 15.3. The molecule has 3 aromatic rings. The number of nitrogens with zero attached hydrogens (tertiary/aromatic N) is 4. The second-order valence-corrected chi connectivity index (χ2v) is 7.29. The Kier molecular flexibility index (Phi) is 4.27. The van der Waals surface area contributed by atoms with E-state index in [-0.39, 0.29) is 6.04 Å². The maximum absolute atomic E-state index is 5.85. The predicted molar refractivity (Wildman–Crippen MR) is 96.9 cm³/mol. The number of hydrogen-bond acceptors (Lipinski definition) is 6. The van der Waals surface area contributed by atoms with Crippen molar-refractivity contribution in [3.8, 4) is 27.8 Å². The zero-order chi connectivity index (χ0) is 17.4. The van der Waals surface area contributed by atoms with Crippen LogP contribution in [0, 0.1) is 0 Å². The molecule has 0 amide bonds. The fraction of sp³-hybridized carbons (Fsp3) is 0.389. The van der Waals surface area contributed by atoms with E-state index in [1.807, 2.05) is 22.9 Å². The topological polar surface area (TPSA) is 62.1 Å². The van der Waals surface area contributed by atoms with E-state index in [9.17, 15) is 0 Å². The Balaban J connectivity index is 1.83. The van der Waals surface area contributed by atoms with Crippen LogP contribution in [0.5, 0.6) is 5.75 Å². The number of benzene rings is 1. The summed E-state index contributed by atoms with van der Waals surface area (Å²) < 4.78 is 13.0. The van der Waals surface area contributed by atoms with Gasteiger partial charge in [-0.3, -0.25) is 0 Å². The first-order chi connectivity index (χ1) is 12.2. The van der Waals surface area contributed by atoms with Gasteiger partial charge < -0.3 is 9.47 Å². The third-order valence-electron chi connectivity index (χ3n) is 4.06. The third kappa shape index (κ3) is 2.94. The van der Waals surface area contributed by atoms with Gasteiger partial charge in [-0.15, -0.1) is 11.3 Å². The Morgan fingerprint density at radius 3 is 2.92 bits per heavy atom. The number of fused-ring (bicyclic) bond motifs is 3. The van der Waals surface area contributed by atoms with Crippen LogP contribution in [0.4, 0.5) is 0 Å². The van der Waals surface area contributed by atoms with Crippen LogP contribution in [0.1, 0.15) is 30.6 Å². The lowest BCUT2D eigenvalue weighted by atomic mass is 10.1. The molecule has 0 fully saturated rings. The van der Waals surface area contributed by atoms with Crippen molar-refractivity contribution in [2.45, 2.75) is 32.9 Å². The van der Waals surface area contributed by atoms with Gasteiger partial charge in [-0.25, -0.2) is 14.6 Å². The van der Waals surface area contributed by atoms with Crippen LogP contribution < -0.4 is 4.74 Å². The van der Waals surface area contributed by atoms with Crippen LogP contribution in [0.25, 0.3) is 22.1 Å². The summed E-state index contributed by atoms with van der Waals surface area (Å²) in [6.45, 7) is 5.25. The molecule has 0 N–H and O–H groups in total. The average molecular weight is 356 g/mol. The van der Waals surface area contributed by atoms with Gasteiger partial charge in [-0.05, 0) is 26.0 Å². The zero-order valence-electron chi connectivity index (χ0n) is 14.5. The van der Waals surface area contributed by atoms with E-state index in [4.69, 9.17) is 14.5 Å². The first-order valence-corrected chi connectivity index (χ1v) is 9.15. The molecule has 25 heavy (non-hydrogen) atoms. The Labute approximate surface area is 150 Å². The molecule has 0 saturated heterocycles. The van der Waals surface area contributed by atoms with E-state index in [1.54, 1.807) is 18.4 Å². The largest absolute Gasteiger partial charge is 0.493 e. The molecule has 4 rings (SSSR count). The van der Waals surface area contributed by atoms with E-state index in [0.717, 1.165) is 34.3 Å². The van der Waals surface area contributed by atoms with Crippen molar-refractivity contribution < 1.29 is 9.47 Å². The van der Waals surface area contributed by atoms with Crippen molar-refractivity contribution in [2.24, 2.45) is 0 Å². The van der Waals surface area contributed by atoms with Crippen LogP contribution in [0.15, 0.2) is 24.3 Å². The van der Waals surface area contributed by atoms with Gasteiger partial charge in [0.15, 0.2) is 16.7 Å². The fourth-order valence-corrected chi connectivity index (χ4v) is 3.97. The third-order valence-corrected chi connectivity index (χ3v) is 5.17. The molecule has 0 atom stereocenters. The molecule has 0 saturated carbocycles. The molecule has 6 nitrogen and oxygen atoms in total. The highest BCUT2D eigenvalue weighted by Crippen LogP contribution is 2.39. The minimum Gasteiger partial charge on any atom is -0.493 e. The number of thiazole rings is 1. The summed E-state index contributed by atoms with van der Waals surface area (Å²) in [7, 11) is 1.65. The summed E-state index contributed by atoms with van der Waals surface area (Å²) >= 11 is 1.67. The Morgan fingerprint density at radius 1 is 1.28 bits per heavy atom. The van der Waals surface area contributed by atoms with Crippen molar-refractivity contribution in [3.63, 3.8) is 0 Å². The van der Waals surface area contributed by atoms with E-state index in [2.05, 4.69) is 30.0 Å². The average Bonchev–Trinajstić information content (AvgIpc) is 3.16. The first kappa shape index (κ1) is 16.2. The monoisotopic (exact) mass is 356 g/mol. The van der Waals surface area contributed by atoms with Gasteiger partial charge in [0.25, 0.3) is 0 Å². The number of ether oxygens (including phenoxy) is 2. The summed E-state index contributed by atoms with van der Waals surface area (Å²) in [5.74, 6) is 2.38. The first-order valence-electron chi connectivity index (χ1n) is 8.34. The molecule has 1 aliphatic rings. The molecule has 7 heteroatoms. The molecule has 2 aromatic heterocycles. The van der Waals surface area contributed by atoms with E-state index < -0.39 is 0 Å². The van der Waals surface area contributed by atoms with Crippen molar-refractivity contribution in [1.29, 1.82) is 0 Å². The molecule has 0 bridgehead atoms. The van der Waals surface area contributed by atoms with Crippen LogP contribution in [0.3, 0.4) is 0 Å². The van der Waals surface area contributed by atoms with Gasteiger partial charge in [0, 0.05) is 30.0 Å². The summed E-state index contributed by atoms with van der Waals surface area (Å²) in [6, 6.07) is 8.27. The maximum Gasteiger partial charge on any atom is 0.187 e. The Bertz CT molecular complexity index is 900. The summed E-state index contributed by atoms with van der Waals surface area (Å²) in [5, 5.41) is 5.46. The molecule has 0 aliphatic carbocycles. The minimum absolute atomic E-state index is 0.201. The van der Waals surface area contributed by atoms with Gasteiger partial charge in [0.2, 0.25) is 0 Å². The molecule has 130 valence electrons. The highest BCUT2D eigenvalue weighted by Gasteiger charge is 2.24. The van der Waals surface area contributed by atoms with Gasteiger partial charge in [-0.1, -0.05) is 12.1 Å². The summed E-state index contributed by atoms with van der Waals surface area (Å²) in [4.78, 5) is 10.8. The minimum atomic E-state index is 0.201. The van der Waals surface area contributed by atoms with Crippen LogP contribution in [-0.4, -0.2) is 33.5 Å². The molecule has 0 radical (unpaired) electrons. The van der Waals surface area contributed by atoms with E-state index in [0.29, 0.717) is 19.0 Å². The normalized spacial score (nSPS) is 13.3. The van der Waals surface area contributed by atoms with Crippen LogP contribution >= 0.6 is 11.3 Å². The highest BCUT2D eigenvalue weighted by atomic mass is 32.1. The highest BCUT2D eigenvalue weighted by molar-refractivity contribution is 7.15. The number of aromatic nitrogens is 4. The van der Waals surface area contributed by atoms with Gasteiger partial charge in [0.1, 0.15) is 12.4 Å². The van der Waals surface area contributed by atoms with E-state index in [1.165, 1.54) is 4.88 Å². The Hall–Kier alpha value is -2.25. The SMILES string of the molecule is COCc1nc(-c2nc3c(s2)CCOc2ccccc2-3)n(C(C)C)n1. The fourth-order valence-electron chi connectivity index (χ4n) is 2.93. The van der Waals surface area contributed by atoms with Crippen LogP contribution in [-0.2, 0) is 17.8 Å². The predicted octanol–water partition coefficient (Wildman–Crippen LogP) is 3.73. The van der Waals surface area contributed by atoms with Gasteiger partial charge in [0.05, 0.1) is 12.3 Å². The van der Waals surface area contributed by atoms with Gasteiger partial charge in [-0.2, -0.15) is 5.10 Å². The van der Waals surface area contributed by atoms with Crippen molar-refractivity contribution in [2.75, 3.05) is 13.7 Å². The van der Waals surface area contributed by atoms with Crippen molar-refractivity contribution in [1.82, 2.24) is 19.7 Å². The molecular weight excluding hydrogens is 336 g/mol. The Morgan fingerprint density at radius 2 is 2.12 bits per heavy atom. The second kappa shape index (κ2) is 6.57. The molecule has 0 unspecified atom stereocenters. The molecule has 3 heterocycles. The lowest BCUT2D eigenvalue weighted by Gasteiger charge is -2.07. The number of para-hydroxylation sites is 1. The smallest absolute Gasteiger partial charge is 0.187 e. The van der Waals surface area contributed by atoms with Crippen molar-refractivity contribution in [3.05, 3.63) is 35.0 Å². The summed E-state index contributed by atoms with van der Waals surface area (Å²) in [5.41, 5.74) is 2.05. The second-order valence-electron chi connectivity index (χ2n) is 6.21. The summed E-state index contributed by atoms with van der Waals surface area (Å²) in [6.07, 6.45) is 0.850. The quantitative estimate of drug-likeness (QED) is 0.713. The number of hydrogen-bond donors (Lipinski definition) is 0. The number of rotatable bonds is 4. The van der Waals surface area contributed by atoms with Gasteiger partial charge >= 0.3 is 0 Å². The molecule has 0 spiro atoms. The molecule has 1 aromatic carbocycles. The maximum atomic E-state index is 5.85. The lowest BCUT2D eigenvalue weighted by Crippen LogP contribution is -2.05. The van der Waals surface area contributed by atoms with Crippen molar-refractivity contribution >= 4 is 11.3 Å². The van der Waals surface area contributed by atoms with E-state index >= 15 is 0 Å². The number of methoxy groups -OCH3 is 1.